The Hall–Kier alpha value is -1.12. The molecule has 14 heavy (non-hydrogen) atoms. The van der Waals surface area contributed by atoms with Gasteiger partial charge in [0.05, 0.1) is 0 Å². The molecule has 3 nitrogen and oxygen atoms in total. The van der Waals surface area contributed by atoms with Gasteiger partial charge in [0, 0.05) is 0 Å². The second-order valence-electron chi connectivity index (χ2n) is 4.08. The monoisotopic (exact) mass is 194 g/mol. The fourth-order valence-corrected chi connectivity index (χ4v) is 2.44. The Balaban J connectivity index is 2.26. The van der Waals surface area contributed by atoms with Crippen LogP contribution < -0.4 is 0 Å². The minimum atomic E-state index is -0.952. The van der Waals surface area contributed by atoms with Gasteiger partial charge in [-0.25, -0.2) is 0 Å². The molecular formula is C11H14O3. The summed E-state index contributed by atoms with van der Waals surface area (Å²) in [7, 11) is 0. The van der Waals surface area contributed by atoms with Crippen molar-refractivity contribution in [3.63, 3.8) is 0 Å². The lowest BCUT2D eigenvalue weighted by atomic mass is 9.76. The van der Waals surface area contributed by atoms with Gasteiger partial charge in [0.25, 0.3) is 0 Å². The average Bonchev–Trinajstić information content (AvgIpc) is 2.18. The molecule has 0 bridgehead atoms. The molecule has 2 rings (SSSR count). The first-order valence-electron chi connectivity index (χ1n) is 5.18. The van der Waals surface area contributed by atoms with Crippen LogP contribution in [0, 0.1) is 5.92 Å². The van der Waals surface area contributed by atoms with Gasteiger partial charge in [0.1, 0.15) is 5.92 Å². The molecule has 1 atom stereocenters. The summed E-state index contributed by atoms with van der Waals surface area (Å²) in [4.78, 5) is 22.6. The zero-order valence-corrected chi connectivity index (χ0v) is 8.08. The molecule has 0 saturated heterocycles. The van der Waals surface area contributed by atoms with E-state index < -0.39 is 11.9 Å². The smallest absolute Gasteiger partial charge is 0.314 e. The standard InChI is InChI=1S/C11H14O3/c12-10-8-4-2-1-3-7(8)5-6-9(10)11(13)14/h9H,1-6H2,(H,13,14). The number of carboxylic acids is 1. The van der Waals surface area contributed by atoms with Crippen LogP contribution >= 0.6 is 0 Å². The number of carbonyl (C=O) groups excluding carboxylic acids is 1. The van der Waals surface area contributed by atoms with Crippen molar-refractivity contribution >= 4 is 11.8 Å². The van der Waals surface area contributed by atoms with E-state index in [2.05, 4.69) is 0 Å². The van der Waals surface area contributed by atoms with Gasteiger partial charge in [-0.15, -0.1) is 0 Å². The van der Waals surface area contributed by atoms with Crippen LogP contribution in [0.25, 0.3) is 0 Å². The number of rotatable bonds is 1. The minimum Gasteiger partial charge on any atom is -0.481 e. The lowest BCUT2D eigenvalue weighted by Crippen LogP contribution is -2.30. The van der Waals surface area contributed by atoms with E-state index in [0.717, 1.165) is 37.7 Å². The predicted molar refractivity (Wildman–Crippen MR) is 50.9 cm³/mol. The Morgan fingerprint density at radius 3 is 2.64 bits per heavy atom. The normalized spacial score (nSPS) is 27.4. The molecule has 1 unspecified atom stereocenters. The van der Waals surface area contributed by atoms with Crippen molar-refractivity contribution in [2.75, 3.05) is 0 Å². The van der Waals surface area contributed by atoms with Gasteiger partial charge < -0.3 is 5.11 Å². The highest BCUT2D eigenvalue weighted by Crippen LogP contribution is 2.35. The SMILES string of the molecule is O=C(O)C1CCC2=C(CCCC2)C1=O. The number of hydrogen-bond acceptors (Lipinski definition) is 2. The molecule has 3 heteroatoms. The predicted octanol–water partition coefficient (Wildman–Crippen LogP) is 1.92. The number of Topliss-reactive ketones (excluding diaryl/α,β-unsaturated/α-hetero) is 1. The van der Waals surface area contributed by atoms with Gasteiger partial charge in [-0.05, 0) is 44.1 Å². The molecule has 0 aromatic rings. The summed E-state index contributed by atoms with van der Waals surface area (Å²) in [6.07, 6.45) is 5.33. The van der Waals surface area contributed by atoms with E-state index in [1.54, 1.807) is 0 Å². The largest absolute Gasteiger partial charge is 0.481 e. The van der Waals surface area contributed by atoms with E-state index in [-0.39, 0.29) is 5.78 Å². The van der Waals surface area contributed by atoms with Crippen LogP contribution in [-0.2, 0) is 9.59 Å². The highest BCUT2D eigenvalue weighted by molar-refractivity contribution is 6.09. The van der Waals surface area contributed by atoms with E-state index in [1.165, 1.54) is 5.57 Å². The zero-order chi connectivity index (χ0) is 10.1. The molecular weight excluding hydrogens is 180 g/mol. The Bertz CT molecular complexity index is 314. The summed E-state index contributed by atoms with van der Waals surface area (Å²) in [5, 5.41) is 8.86. The first-order valence-corrected chi connectivity index (χ1v) is 5.18. The first kappa shape index (κ1) is 9.44. The van der Waals surface area contributed by atoms with Crippen molar-refractivity contribution in [2.24, 2.45) is 5.92 Å². The van der Waals surface area contributed by atoms with Crippen LogP contribution in [0.5, 0.6) is 0 Å². The van der Waals surface area contributed by atoms with Gasteiger partial charge in [-0.3, -0.25) is 9.59 Å². The van der Waals surface area contributed by atoms with Crippen molar-refractivity contribution in [3.8, 4) is 0 Å². The Morgan fingerprint density at radius 1 is 1.21 bits per heavy atom. The fourth-order valence-electron chi connectivity index (χ4n) is 2.44. The number of aliphatic carboxylic acids is 1. The Morgan fingerprint density at radius 2 is 1.93 bits per heavy atom. The van der Waals surface area contributed by atoms with Gasteiger partial charge in [-0.2, -0.15) is 0 Å². The molecule has 76 valence electrons. The van der Waals surface area contributed by atoms with Gasteiger partial charge in [-0.1, -0.05) is 5.57 Å². The number of allylic oxidation sites excluding steroid dienone is 2. The van der Waals surface area contributed by atoms with Gasteiger partial charge in [0.15, 0.2) is 5.78 Å². The second kappa shape index (κ2) is 3.56. The van der Waals surface area contributed by atoms with Crippen molar-refractivity contribution < 1.29 is 14.7 Å². The van der Waals surface area contributed by atoms with E-state index in [1.807, 2.05) is 0 Å². The number of hydrogen-bond donors (Lipinski definition) is 1. The maximum Gasteiger partial charge on any atom is 0.314 e. The van der Waals surface area contributed by atoms with Crippen LogP contribution in [0.4, 0.5) is 0 Å². The molecule has 0 heterocycles. The molecule has 0 aromatic heterocycles. The Kier molecular flexibility index (Phi) is 2.40. The molecule has 0 radical (unpaired) electrons. The average molecular weight is 194 g/mol. The summed E-state index contributed by atoms with van der Waals surface area (Å²) in [5.74, 6) is -1.82. The van der Waals surface area contributed by atoms with E-state index in [9.17, 15) is 9.59 Å². The lowest BCUT2D eigenvalue weighted by molar-refractivity contribution is -0.145. The molecule has 0 fully saturated rings. The molecule has 2 aliphatic carbocycles. The summed E-state index contributed by atoms with van der Waals surface area (Å²) < 4.78 is 0. The van der Waals surface area contributed by atoms with Crippen LogP contribution in [0.15, 0.2) is 11.1 Å². The van der Waals surface area contributed by atoms with E-state index in [0.29, 0.717) is 6.42 Å². The van der Waals surface area contributed by atoms with Crippen LogP contribution in [-0.4, -0.2) is 16.9 Å². The maximum absolute atomic E-state index is 11.8. The van der Waals surface area contributed by atoms with E-state index >= 15 is 0 Å². The third kappa shape index (κ3) is 1.47. The molecule has 2 aliphatic rings. The number of ketones is 1. The molecule has 1 N–H and O–H groups in total. The molecule has 0 aromatic carbocycles. The highest BCUT2D eigenvalue weighted by Gasteiger charge is 2.34. The van der Waals surface area contributed by atoms with Crippen molar-refractivity contribution in [2.45, 2.75) is 38.5 Å². The van der Waals surface area contributed by atoms with Gasteiger partial charge >= 0.3 is 5.97 Å². The van der Waals surface area contributed by atoms with Crippen molar-refractivity contribution in [3.05, 3.63) is 11.1 Å². The van der Waals surface area contributed by atoms with Crippen LogP contribution in [0.1, 0.15) is 38.5 Å². The van der Waals surface area contributed by atoms with Crippen LogP contribution in [0.3, 0.4) is 0 Å². The summed E-state index contributed by atoms with van der Waals surface area (Å²) >= 11 is 0. The first-order chi connectivity index (χ1) is 6.70. The minimum absolute atomic E-state index is 0.113. The third-order valence-electron chi connectivity index (χ3n) is 3.23. The number of carboxylic acid groups (broad SMARTS) is 1. The molecule has 0 amide bonds. The lowest BCUT2D eigenvalue weighted by Gasteiger charge is -2.26. The molecule has 0 saturated carbocycles. The summed E-state index contributed by atoms with van der Waals surface area (Å²) in [6, 6.07) is 0. The van der Waals surface area contributed by atoms with Gasteiger partial charge in [0.2, 0.25) is 0 Å². The molecule has 0 aliphatic heterocycles. The van der Waals surface area contributed by atoms with Crippen molar-refractivity contribution in [1.82, 2.24) is 0 Å². The second-order valence-corrected chi connectivity index (χ2v) is 4.08. The topological polar surface area (TPSA) is 54.4 Å². The van der Waals surface area contributed by atoms with Crippen LogP contribution in [0.2, 0.25) is 0 Å². The molecule has 0 spiro atoms. The van der Waals surface area contributed by atoms with E-state index in [4.69, 9.17) is 5.11 Å². The highest BCUT2D eigenvalue weighted by atomic mass is 16.4. The fraction of sp³-hybridized carbons (Fsp3) is 0.636. The third-order valence-corrected chi connectivity index (χ3v) is 3.23. The summed E-state index contributed by atoms with van der Waals surface area (Å²) in [6.45, 7) is 0. The zero-order valence-electron chi connectivity index (χ0n) is 8.08. The maximum atomic E-state index is 11.8. The van der Waals surface area contributed by atoms with Crippen molar-refractivity contribution in [1.29, 1.82) is 0 Å². The quantitative estimate of drug-likeness (QED) is 0.649. The summed E-state index contributed by atoms with van der Waals surface area (Å²) in [5.41, 5.74) is 2.08. The Labute approximate surface area is 82.8 Å². The number of carbonyl (C=O) groups is 2.